The summed E-state index contributed by atoms with van der Waals surface area (Å²) in [6.07, 6.45) is 0.0297. The molecule has 1 aromatic carbocycles. The summed E-state index contributed by atoms with van der Waals surface area (Å²) in [6, 6.07) is 8.12. The standard InChI is InChI=1S/C15H21N7/c1-20-7-9-22(10-8-20)15-13-14(21(2)19-18-13)16-11-5-3-4-6-12(11)17-15/h3-6,13-14,16H,7-10H2,1-2H3. The summed E-state index contributed by atoms with van der Waals surface area (Å²) in [4.78, 5) is 9.65. The van der Waals surface area contributed by atoms with E-state index in [2.05, 4.69) is 44.6 Å². The van der Waals surface area contributed by atoms with Gasteiger partial charge in [-0.25, -0.2) is 4.99 Å². The molecule has 0 saturated carbocycles. The highest BCUT2D eigenvalue weighted by atomic mass is 15.6. The van der Waals surface area contributed by atoms with E-state index < -0.39 is 0 Å². The molecule has 3 heterocycles. The number of nitrogens with one attached hydrogen (secondary N) is 1. The summed E-state index contributed by atoms with van der Waals surface area (Å²) in [5, 5.41) is 14.1. The Labute approximate surface area is 130 Å². The van der Waals surface area contributed by atoms with Gasteiger partial charge in [-0.2, -0.15) is 5.11 Å². The highest BCUT2D eigenvalue weighted by Gasteiger charge is 2.39. The summed E-state index contributed by atoms with van der Waals surface area (Å²) in [6.45, 7) is 4.08. The monoisotopic (exact) mass is 299 g/mol. The fourth-order valence-corrected chi connectivity index (χ4v) is 3.16. The summed E-state index contributed by atoms with van der Waals surface area (Å²) < 4.78 is 0. The van der Waals surface area contributed by atoms with Crippen molar-refractivity contribution in [1.82, 2.24) is 14.8 Å². The van der Waals surface area contributed by atoms with Gasteiger partial charge in [0, 0.05) is 33.2 Å². The number of amidine groups is 1. The van der Waals surface area contributed by atoms with E-state index in [4.69, 9.17) is 4.99 Å². The van der Waals surface area contributed by atoms with Crippen LogP contribution in [0.15, 0.2) is 39.6 Å². The van der Waals surface area contributed by atoms with Crippen LogP contribution >= 0.6 is 0 Å². The zero-order chi connectivity index (χ0) is 15.1. The molecule has 0 radical (unpaired) electrons. The lowest BCUT2D eigenvalue weighted by atomic mass is 10.1. The van der Waals surface area contributed by atoms with Gasteiger partial charge in [-0.3, -0.25) is 5.01 Å². The second kappa shape index (κ2) is 5.24. The summed E-state index contributed by atoms with van der Waals surface area (Å²) in [5.74, 6) is 1.03. The second-order valence-electron chi connectivity index (χ2n) is 6.09. The van der Waals surface area contributed by atoms with Gasteiger partial charge in [-0.15, -0.1) is 0 Å². The minimum atomic E-state index is -0.0548. The summed E-state index contributed by atoms with van der Waals surface area (Å²) >= 11 is 0. The van der Waals surface area contributed by atoms with E-state index in [1.54, 1.807) is 0 Å². The number of hydrogen-bond acceptors (Lipinski definition) is 7. The molecule has 116 valence electrons. The van der Waals surface area contributed by atoms with Crippen molar-refractivity contribution in [1.29, 1.82) is 0 Å². The second-order valence-corrected chi connectivity index (χ2v) is 6.09. The largest absolute Gasteiger partial charge is 0.360 e. The Morgan fingerprint density at radius 2 is 1.86 bits per heavy atom. The van der Waals surface area contributed by atoms with Crippen LogP contribution in [0.5, 0.6) is 0 Å². The van der Waals surface area contributed by atoms with E-state index in [9.17, 15) is 0 Å². The van der Waals surface area contributed by atoms with E-state index in [1.165, 1.54) is 0 Å². The molecule has 2 atom stereocenters. The molecular weight excluding hydrogens is 278 g/mol. The molecule has 4 rings (SSSR count). The van der Waals surface area contributed by atoms with Gasteiger partial charge in [0.05, 0.1) is 11.4 Å². The van der Waals surface area contributed by atoms with Crippen LogP contribution in [0.4, 0.5) is 11.4 Å². The molecule has 0 aromatic heterocycles. The first-order valence-electron chi connectivity index (χ1n) is 7.73. The Morgan fingerprint density at radius 3 is 2.68 bits per heavy atom. The average Bonchev–Trinajstić information content (AvgIpc) is 2.80. The highest BCUT2D eigenvalue weighted by Crippen LogP contribution is 2.33. The van der Waals surface area contributed by atoms with Gasteiger partial charge in [-0.05, 0) is 19.2 Å². The number of likely N-dealkylation sites (N-methyl/N-ethyl adjacent to an activating group) is 2. The lowest BCUT2D eigenvalue weighted by molar-refractivity contribution is 0.209. The maximum atomic E-state index is 4.95. The van der Waals surface area contributed by atoms with Crippen LogP contribution < -0.4 is 5.32 Å². The van der Waals surface area contributed by atoms with Crippen LogP contribution in [0.1, 0.15) is 0 Å². The Balaban J connectivity index is 1.73. The van der Waals surface area contributed by atoms with Crippen LogP contribution in [-0.2, 0) is 0 Å². The molecule has 0 amide bonds. The molecule has 2 unspecified atom stereocenters. The Bertz CT molecular complexity index is 618. The highest BCUT2D eigenvalue weighted by molar-refractivity contribution is 5.94. The molecule has 1 fully saturated rings. The number of piperazine rings is 1. The first kappa shape index (κ1) is 13.5. The normalized spacial score (nSPS) is 27.8. The molecule has 22 heavy (non-hydrogen) atoms. The van der Waals surface area contributed by atoms with E-state index >= 15 is 0 Å². The topological polar surface area (TPSA) is 58.8 Å². The summed E-state index contributed by atoms with van der Waals surface area (Å²) in [7, 11) is 4.12. The number of hydrogen-bond donors (Lipinski definition) is 1. The first-order valence-corrected chi connectivity index (χ1v) is 7.73. The number of anilines is 1. The van der Waals surface area contributed by atoms with Gasteiger partial charge < -0.3 is 15.1 Å². The average molecular weight is 299 g/mol. The van der Waals surface area contributed by atoms with Gasteiger partial charge in [0.25, 0.3) is 0 Å². The van der Waals surface area contributed by atoms with Gasteiger partial charge in [0.2, 0.25) is 0 Å². The van der Waals surface area contributed by atoms with Crippen molar-refractivity contribution in [2.24, 2.45) is 15.3 Å². The van der Waals surface area contributed by atoms with Crippen LogP contribution in [0.25, 0.3) is 0 Å². The number of aliphatic imine (C=N–C) groups is 1. The molecule has 0 bridgehead atoms. The number of para-hydroxylation sites is 2. The maximum Gasteiger partial charge on any atom is 0.170 e. The predicted molar refractivity (Wildman–Crippen MR) is 86.4 cm³/mol. The zero-order valence-corrected chi connectivity index (χ0v) is 13.0. The zero-order valence-electron chi connectivity index (χ0n) is 13.0. The van der Waals surface area contributed by atoms with Gasteiger partial charge >= 0.3 is 0 Å². The van der Waals surface area contributed by atoms with Crippen molar-refractivity contribution in [3.8, 4) is 0 Å². The molecule has 7 nitrogen and oxygen atoms in total. The number of fused-ring (bicyclic) bond motifs is 2. The van der Waals surface area contributed by atoms with Crippen molar-refractivity contribution in [2.75, 3.05) is 45.6 Å². The van der Waals surface area contributed by atoms with E-state index in [1.807, 2.05) is 24.2 Å². The first-order chi connectivity index (χ1) is 10.7. The smallest absolute Gasteiger partial charge is 0.170 e. The molecule has 7 heteroatoms. The molecule has 0 aliphatic carbocycles. The van der Waals surface area contributed by atoms with Gasteiger partial charge in [0.1, 0.15) is 12.0 Å². The molecule has 1 N–H and O–H groups in total. The predicted octanol–water partition coefficient (Wildman–Crippen LogP) is 1.40. The van der Waals surface area contributed by atoms with Crippen molar-refractivity contribution in [2.45, 2.75) is 12.2 Å². The van der Waals surface area contributed by atoms with Crippen LogP contribution in [0.2, 0.25) is 0 Å². The third-order valence-corrected chi connectivity index (χ3v) is 4.55. The molecule has 3 aliphatic rings. The van der Waals surface area contributed by atoms with E-state index in [-0.39, 0.29) is 12.2 Å². The Hall–Kier alpha value is -2.15. The van der Waals surface area contributed by atoms with Crippen molar-refractivity contribution >= 4 is 17.2 Å². The van der Waals surface area contributed by atoms with Crippen LogP contribution in [-0.4, -0.2) is 73.1 Å². The number of nitrogens with zero attached hydrogens (tertiary/aromatic N) is 6. The lowest BCUT2D eigenvalue weighted by Gasteiger charge is -2.36. The van der Waals surface area contributed by atoms with Crippen LogP contribution in [0.3, 0.4) is 0 Å². The Morgan fingerprint density at radius 1 is 1.09 bits per heavy atom. The fraction of sp³-hybridized carbons (Fsp3) is 0.533. The molecule has 1 aromatic rings. The molecule has 0 spiro atoms. The maximum absolute atomic E-state index is 4.95. The van der Waals surface area contributed by atoms with E-state index in [0.717, 1.165) is 43.4 Å². The third kappa shape index (κ3) is 2.21. The third-order valence-electron chi connectivity index (χ3n) is 4.55. The Kier molecular flexibility index (Phi) is 3.22. The number of benzene rings is 1. The molecular formula is C15H21N7. The fourth-order valence-electron chi connectivity index (χ4n) is 3.16. The lowest BCUT2D eigenvalue weighted by Crippen LogP contribution is -2.53. The minimum absolute atomic E-state index is 0.0297. The molecule has 1 saturated heterocycles. The quantitative estimate of drug-likeness (QED) is 0.786. The van der Waals surface area contributed by atoms with E-state index in [0.29, 0.717) is 0 Å². The summed E-state index contributed by atoms with van der Waals surface area (Å²) in [5.41, 5.74) is 2.02. The van der Waals surface area contributed by atoms with Gasteiger partial charge in [-0.1, -0.05) is 17.4 Å². The van der Waals surface area contributed by atoms with Crippen LogP contribution in [0, 0.1) is 0 Å². The van der Waals surface area contributed by atoms with Gasteiger partial charge in [0.15, 0.2) is 6.04 Å². The number of rotatable bonds is 0. The van der Waals surface area contributed by atoms with Crippen molar-refractivity contribution in [3.05, 3.63) is 24.3 Å². The minimum Gasteiger partial charge on any atom is -0.360 e. The molecule has 3 aliphatic heterocycles. The van der Waals surface area contributed by atoms with Crippen molar-refractivity contribution in [3.63, 3.8) is 0 Å². The SMILES string of the molecule is CN1CCN(C2=Nc3ccccc3NC3C2N=NN3C)CC1. The van der Waals surface area contributed by atoms with Crippen molar-refractivity contribution < 1.29 is 0 Å².